The summed E-state index contributed by atoms with van der Waals surface area (Å²) < 4.78 is 0. The van der Waals surface area contributed by atoms with Crippen molar-refractivity contribution < 1.29 is 4.79 Å². The molecule has 0 saturated carbocycles. The molecule has 1 N–H and O–H groups in total. The van der Waals surface area contributed by atoms with Crippen LogP contribution in [-0.2, 0) is 17.6 Å². The van der Waals surface area contributed by atoms with Crippen LogP contribution in [0.25, 0.3) is 10.6 Å². The molecule has 0 saturated heterocycles. The molecule has 3 rings (SSSR count). The summed E-state index contributed by atoms with van der Waals surface area (Å²) in [7, 11) is 0. The lowest BCUT2D eigenvalue weighted by atomic mass is 10.0. The molecule has 134 valence electrons. The highest BCUT2D eigenvalue weighted by molar-refractivity contribution is 7.13. The van der Waals surface area contributed by atoms with Crippen LogP contribution in [0.15, 0.2) is 54.2 Å². The molecule has 5 heteroatoms. The van der Waals surface area contributed by atoms with Crippen LogP contribution in [-0.4, -0.2) is 22.4 Å². The average molecular weight is 366 g/mol. The molecule has 0 aliphatic carbocycles. The molecular weight excluding hydrogens is 342 g/mol. The molecule has 0 aliphatic rings. The first-order chi connectivity index (χ1) is 12.7. The molecule has 0 unspecified atom stereocenters. The Bertz CT molecular complexity index is 845. The zero-order valence-corrected chi connectivity index (χ0v) is 15.8. The maximum Gasteiger partial charge on any atom is 0.220 e. The second-order valence-electron chi connectivity index (χ2n) is 6.27. The Labute approximate surface area is 158 Å². The number of nitrogens with zero attached hydrogens (tertiary/aromatic N) is 2. The molecule has 0 aliphatic heterocycles. The number of aryl methyl sites for hydroxylation is 2. The predicted octanol–water partition coefficient (Wildman–Crippen LogP) is 4.20. The first-order valence-corrected chi connectivity index (χ1v) is 9.76. The third kappa shape index (κ3) is 5.23. The van der Waals surface area contributed by atoms with E-state index < -0.39 is 0 Å². The highest BCUT2D eigenvalue weighted by Crippen LogP contribution is 2.22. The largest absolute Gasteiger partial charge is 0.356 e. The molecule has 0 spiro atoms. The summed E-state index contributed by atoms with van der Waals surface area (Å²) in [6.45, 7) is 2.74. The van der Waals surface area contributed by atoms with Crippen LogP contribution in [0.3, 0.4) is 0 Å². The molecule has 0 radical (unpaired) electrons. The summed E-state index contributed by atoms with van der Waals surface area (Å²) in [6.07, 6.45) is 6.71. The first kappa shape index (κ1) is 18.3. The van der Waals surface area contributed by atoms with E-state index in [4.69, 9.17) is 0 Å². The van der Waals surface area contributed by atoms with Crippen molar-refractivity contribution in [1.82, 2.24) is 15.3 Å². The van der Waals surface area contributed by atoms with Gasteiger partial charge in [-0.1, -0.05) is 24.3 Å². The van der Waals surface area contributed by atoms with Gasteiger partial charge in [0.25, 0.3) is 0 Å². The Morgan fingerprint density at radius 3 is 2.85 bits per heavy atom. The van der Waals surface area contributed by atoms with Gasteiger partial charge in [-0.2, -0.15) is 0 Å². The molecule has 1 amide bonds. The lowest BCUT2D eigenvalue weighted by Gasteiger charge is -2.06. The zero-order valence-electron chi connectivity index (χ0n) is 14.9. The minimum Gasteiger partial charge on any atom is -0.356 e. The molecule has 2 aromatic heterocycles. The summed E-state index contributed by atoms with van der Waals surface area (Å²) in [5.41, 5.74) is 4.66. The van der Waals surface area contributed by atoms with Gasteiger partial charge >= 0.3 is 0 Å². The molecule has 2 heterocycles. The second-order valence-corrected chi connectivity index (χ2v) is 7.12. The number of rotatable bonds is 8. The van der Waals surface area contributed by atoms with Crippen molar-refractivity contribution in [1.29, 1.82) is 0 Å². The molecule has 1 aromatic carbocycles. The maximum absolute atomic E-state index is 12.0. The Kier molecular flexibility index (Phi) is 6.50. The Morgan fingerprint density at radius 1 is 1.15 bits per heavy atom. The van der Waals surface area contributed by atoms with E-state index in [2.05, 4.69) is 40.4 Å². The number of hydrogen-bond acceptors (Lipinski definition) is 4. The van der Waals surface area contributed by atoms with Crippen molar-refractivity contribution in [3.8, 4) is 10.6 Å². The highest BCUT2D eigenvalue weighted by Gasteiger charge is 2.06. The summed E-state index contributed by atoms with van der Waals surface area (Å²) in [4.78, 5) is 20.7. The van der Waals surface area contributed by atoms with E-state index >= 15 is 0 Å². The van der Waals surface area contributed by atoms with E-state index in [1.165, 1.54) is 11.1 Å². The standard InChI is InChI=1S/C21H23N3OS/c1-16-6-2-3-7-17(16)8-4-10-20(25)23-13-11-19-15-26-21(24-19)18-9-5-12-22-14-18/h2-3,5-7,9,12,14-15H,4,8,10-11,13H2,1H3,(H,23,25). The van der Waals surface area contributed by atoms with Crippen LogP contribution < -0.4 is 5.32 Å². The van der Waals surface area contributed by atoms with Crippen molar-refractivity contribution in [3.05, 3.63) is 71.0 Å². The first-order valence-electron chi connectivity index (χ1n) is 8.88. The number of carbonyl (C=O) groups excluding carboxylic acids is 1. The van der Waals surface area contributed by atoms with E-state index in [0.717, 1.165) is 35.5 Å². The molecule has 3 aromatic rings. The van der Waals surface area contributed by atoms with Crippen molar-refractivity contribution in [2.24, 2.45) is 0 Å². The SMILES string of the molecule is Cc1ccccc1CCCC(=O)NCCc1csc(-c2cccnc2)n1. The number of pyridine rings is 1. The summed E-state index contributed by atoms with van der Waals surface area (Å²) in [5, 5.41) is 6.01. The Hall–Kier alpha value is -2.53. The third-order valence-electron chi connectivity index (χ3n) is 4.27. The van der Waals surface area contributed by atoms with Gasteiger partial charge in [-0.15, -0.1) is 11.3 Å². The van der Waals surface area contributed by atoms with Crippen LogP contribution in [0.5, 0.6) is 0 Å². The van der Waals surface area contributed by atoms with Crippen LogP contribution in [0.4, 0.5) is 0 Å². The van der Waals surface area contributed by atoms with Crippen molar-refractivity contribution in [2.75, 3.05) is 6.54 Å². The summed E-state index contributed by atoms with van der Waals surface area (Å²) in [6, 6.07) is 12.3. The van der Waals surface area contributed by atoms with Crippen LogP contribution in [0, 0.1) is 6.92 Å². The third-order valence-corrected chi connectivity index (χ3v) is 5.21. The van der Waals surface area contributed by atoms with Gasteiger partial charge in [0, 0.05) is 42.7 Å². The van der Waals surface area contributed by atoms with Crippen LogP contribution >= 0.6 is 11.3 Å². The van der Waals surface area contributed by atoms with Gasteiger partial charge < -0.3 is 5.32 Å². The topological polar surface area (TPSA) is 54.9 Å². The number of amides is 1. The summed E-state index contributed by atoms with van der Waals surface area (Å²) >= 11 is 1.61. The van der Waals surface area contributed by atoms with E-state index in [-0.39, 0.29) is 5.91 Å². The van der Waals surface area contributed by atoms with Gasteiger partial charge in [0.1, 0.15) is 5.01 Å². The van der Waals surface area contributed by atoms with Gasteiger partial charge in [-0.25, -0.2) is 4.98 Å². The number of thiazole rings is 1. The Morgan fingerprint density at radius 2 is 2.04 bits per heavy atom. The van der Waals surface area contributed by atoms with Gasteiger partial charge in [-0.3, -0.25) is 9.78 Å². The number of nitrogens with one attached hydrogen (secondary N) is 1. The summed E-state index contributed by atoms with van der Waals surface area (Å²) in [5.74, 6) is 0.112. The molecule has 4 nitrogen and oxygen atoms in total. The fourth-order valence-electron chi connectivity index (χ4n) is 2.79. The van der Waals surface area contributed by atoms with Crippen LogP contribution in [0.1, 0.15) is 29.7 Å². The van der Waals surface area contributed by atoms with E-state index in [9.17, 15) is 4.79 Å². The molecular formula is C21H23N3OS. The average Bonchev–Trinajstić information content (AvgIpc) is 3.13. The monoisotopic (exact) mass is 365 g/mol. The van der Waals surface area contributed by atoms with Crippen LogP contribution in [0.2, 0.25) is 0 Å². The van der Waals surface area contributed by atoms with Gasteiger partial charge in [-0.05, 0) is 43.0 Å². The number of benzene rings is 1. The number of aromatic nitrogens is 2. The second kappa shape index (κ2) is 9.25. The Balaban J connectivity index is 1.38. The van der Waals surface area contributed by atoms with E-state index in [1.54, 1.807) is 17.5 Å². The molecule has 26 heavy (non-hydrogen) atoms. The highest BCUT2D eigenvalue weighted by atomic mass is 32.1. The quantitative estimate of drug-likeness (QED) is 0.651. The van der Waals surface area contributed by atoms with E-state index in [0.29, 0.717) is 13.0 Å². The fourth-order valence-corrected chi connectivity index (χ4v) is 3.64. The van der Waals surface area contributed by atoms with Gasteiger partial charge in [0.05, 0.1) is 5.69 Å². The molecule has 0 atom stereocenters. The predicted molar refractivity (Wildman–Crippen MR) is 106 cm³/mol. The van der Waals surface area contributed by atoms with Gasteiger partial charge in [0.2, 0.25) is 5.91 Å². The number of carbonyl (C=O) groups is 1. The zero-order chi connectivity index (χ0) is 18.2. The smallest absolute Gasteiger partial charge is 0.220 e. The minimum atomic E-state index is 0.112. The normalized spacial score (nSPS) is 10.7. The van der Waals surface area contributed by atoms with E-state index in [1.807, 2.05) is 29.8 Å². The van der Waals surface area contributed by atoms with Crippen molar-refractivity contribution >= 4 is 17.2 Å². The molecule has 0 fully saturated rings. The van der Waals surface area contributed by atoms with Crippen molar-refractivity contribution in [3.63, 3.8) is 0 Å². The lowest BCUT2D eigenvalue weighted by Crippen LogP contribution is -2.25. The van der Waals surface area contributed by atoms with Crippen molar-refractivity contribution in [2.45, 2.75) is 32.6 Å². The van der Waals surface area contributed by atoms with Gasteiger partial charge in [0.15, 0.2) is 0 Å². The number of hydrogen-bond donors (Lipinski definition) is 1. The minimum absolute atomic E-state index is 0.112. The molecule has 0 bridgehead atoms. The fraction of sp³-hybridized carbons (Fsp3) is 0.286. The lowest BCUT2D eigenvalue weighted by molar-refractivity contribution is -0.121. The maximum atomic E-state index is 12.0.